The van der Waals surface area contributed by atoms with Crippen molar-refractivity contribution in [1.29, 1.82) is 0 Å². The van der Waals surface area contributed by atoms with E-state index in [0.717, 1.165) is 57.0 Å². The molecule has 5 heteroatoms. The van der Waals surface area contributed by atoms with E-state index in [-0.39, 0.29) is 12.6 Å². The number of nitrogens with zero attached hydrogens (tertiary/aromatic N) is 1. The molecule has 2 amide bonds. The quantitative estimate of drug-likeness (QED) is 0.688. The molecule has 130 valence electrons. The van der Waals surface area contributed by atoms with Gasteiger partial charge in [0.15, 0.2) is 0 Å². The predicted octanol–water partition coefficient (Wildman–Crippen LogP) is 0.105. The summed E-state index contributed by atoms with van der Waals surface area (Å²) in [6.45, 7) is 5.52. The summed E-state index contributed by atoms with van der Waals surface area (Å²) in [7, 11) is 0. The topological polar surface area (TPSA) is 57.0 Å². The number of nitrogens with one attached hydrogen (secondary N) is 2. The predicted molar refractivity (Wildman–Crippen MR) is 88.2 cm³/mol. The van der Waals surface area contributed by atoms with Crippen LogP contribution in [0.5, 0.6) is 0 Å². The first kappa shape index (κ1) is 15.7. The maximum absolute atomic E-state index is 12.5. The van der Waals surface area contributed by atoms with Crippen LogP contribution >= 0.6 is 0 Å². The van der Waals surface area contributed by atoms with Gasteiger partial charge >= 0.3 is 6.03 Å². The summed E-state index contributed by atoms with van der Waals surface area (Å²) >= 11 is 0. The van der Waals surface area contributed by atoms with Crippen LogP contribution in [0.25, 0.3) is 0 Å². The molecule has 0 radical (unpaired) electrons. The van der Waals surface area contributed by atoms with Crippen LogP contribution in [-0.4, -0.2) is 61.9 Å². The number of quaternary nitrogens is 1. The second-order valence-electron chi connectivity index (χ2n) is 8.79. The van der Waals surface area contributed by atoms with Gasteiger partial charge < -0.3 is 20.2 Å². The third-order valence-corrected chi connectivity index (χ3v) is 7.00. The molecular weight excluding hydrogens is 290 g/mol. The zero-order chi connectivity index (χ0) is 15.9. The van der Waals surface area contributed by atoms with E-state index in [4.69, 9.17) is 5.11 Å². The fraction of sp³-hybridized carbons (Fsp3) is 0.944. The van der Waals surface area contributed by atoms with Crippen LogP contribution in [0, 0.1) is 23.2 Å². The van der Waals surface area contributed by atoms with E-state index in [2.05, 4.69) is 5.32 Å². The standard InChI is InChI=1S/C18H31N3O2/c22-6-5-20-1-3-21(4-2-20)17(23)19-13-18-10-14-7-15(11-18)9-16(8-14)12-18/h14-16,22H,1-13H2,(H,19,23)/p+1. The molecule has 1 heterocycles. The van der Waals surface area contributed by atoms with Gasteiger partial charge in [0.1, 0.15) is 6.54 Å². The normalized spacial score (nSPS) is 39.7. The summed E-state index contributed by atoms with van der Waals surface area (Å²) < 4.78 is 0. The van der Waals surface area contributed by atoms with Crippen LogP contribution in [0.2, 0.25) is 0 Å². The molecule has 1 saturated heterocycles. The van der Waals surface area contributed by atoms with Gasteiger partial charge in [0.2, 0.25) is 0 Å². The molecule has 3 N–H and O–H groups in total. The van der Waals surface area contributed by atoms with E-state index in [1.165, 1.54) is 43.4 Å². The summed E-state index contributed by atoms with van der Waals surface area (Å²) in [5.74, 6) is 2.84. The zero-order valence-electron chi connectivity index (χ0n) is 14.2. The van der Waals surface area contributed by atoms with Crippen molar-refractivity contribution >= 4 is 6.03 Å². The van der Waals surface area contributed by atoms with Crippen LogP contribution in [0.3, 0.4) is 0 Å². The Hall–Kier alpha value is -0.810. The number of urea groups is 1. The fourth-order valence-electron chi connectivity index (χ4n) is 6.32. The van der Waals surface area contributed by atoms with Gasteiger partial charge in [-0.3, -0.25) is 0 Å². The van der Waals surface area contributed by atoms with E-state index in [9.17, 15) is 4.79 Å². The molecule has 0 atom stereocenters. The Labute approximate surface area is 139 Å². The van der Waals surface area contributed by atoms with Gasteiger partial charge in [-0.1, -0.05) is 0 Å². The Morgan fingerprint density at radius 3 is 2.17 bits per heavy atom. The molecular formula is C18H32N3O2+. The summed E-state index contributed by atoms with van der Waals surface area (Å²) in [6.07, 6.45) is 8.45. The number of carbonyl (C=O) groups is 1. The first-order valence-electron chi connectivity index (χ1n) is 9.63. The van der Waals surface area contributed by atoms with Crippen LogP contribution in [0.1, 0.15) is 38.5 Å². The van der Waals surface area contributed by atoms with Crippen LogP contribution in [0.4, 0.5) is 4.79 Å². The molecule has 5 aliphatic rings. The number of hydrogen-bond donors (Lipinski definition) is 3. The van der Waals surface area contributed by atoms with Crippen LogP contribution in [0.15, 0.2) is 0 Å². The van der Waals surface area contributed by atoms with E-state index in [0.29, 0.717) is 5.41 Å². The third kappa shape index (κ3) is 3.22. The first-order valence-corrected chi connectivity index (χ1v) is 9.63. The number of carbonyl (C=O) groups excluding carboxylic acids is 1. The molecule has 4 aliphatic carbocycles. The molecule has 5 fully saturated rings. The van der Waals surface area contributed by atoms with Crippen molar-refractivity contribution in [3.05, 3.63) is 0 Å². The largest absolute Gasteiger partial charge is 0.391 e. The highest BCUT2D eigenvalue weighted by Crippen LogP contribution is 2.59. The SMILES string of the molecule is O=C(NCC12CC3CC(CC(C3)C1)C2)N1CC[NH+](CCO)CC1. The number of amides is 2. The van der Waals surface area contributed by atoms with Crippen LogP contribution < -0.4 is 10.2 Å². The van der Waals surface area contributed by atoms with Gasteiger partial charge in [-0.25, -0.2) is 4.79 Å². The van der Waals surface area contributed by atoms with Crippen molar-refractivity contribution < 1.29 is 14.8 Å². The average molecular weight is 322 g/mol. The van der Waals surface area contributed by atoms with Gasteiger partial charge in [-0.05, 0) is 61.7 Å². The number of aliphatic hydroxyl groups is 1. The smallest absolute Gasteiger partial charge is 0.317 e. The minimum Gasteiger partial charge on any atom is -0.391 e. The molecule has 23 heavy (non-hydrogen) atoms. The summed E-state index contributed by atoms with van der Waals surface area (Å²) in [4.78, 5) is 15.9. The average Bonchev–Trinajstić information content (AvgIpc) is 2.52. The van der Waals surface area contributed by atoms with Gasteiger partial charge in [0.25, 0.3) is 0 Å². The Morgan fingerprint density at radius 2 is 1.65 bits per heavy atom. The Morgan fingerprint density at radius 1 is 1.09 bits per heavy atom. The highest BCUT2D eigenvalue weighted by Gasteiger charge is 2.50. The Balaban J connectivity index is 1.27. The second-order valence-corrected chi connectivity index (χ2v) is 8.79. The summed E-state index contributed by atoms with van der Waals surface area (Å²) in [5, 5.41) is 12.3. The molecule has 4 bridgehead atoms. The Bertz CT molecular complexity index is 410. The first-order chi connectivity index (χ1) is 11.2. The Kier molecular flexibility index (Phi) is 4.26. The lowest BCUT2D eigenvalue weighted by Crippen LogP contribution is -3.15. The fourth-order valence-corrected chi connectivity index (χ4v) is 6.32. The van der Waals surface area contributed by atoms with Gasteiger partial charge in [-0.2, -0.15) is 0 Å². The molecule has 1 aliphatic heterocycles. The lowest BCUT2D eigenvalue weighted by Gasteiger charge is -2.57. The van der Waals surface area contributed by atoms with Gasteiger partial charge in [-0.15, -0.1) is 0 Å². The number of piperazine rings is 1. The molecule has 0 unspecified atom stereocenters. The highest BCUT2D eigenvalue weighted by atomic mass is 16.3. The number of hydrogen-bond acceptors (Lipinski definition) is 2. The number of rotatable bonds is 4. The van der Waals surface area contributed by atoms with E-state index in [1.54, 1.807) is 0 Å². The van der Waals surface area contributed by atoms with Crippen molar-refractivity contribution in [2.45, 2.75) is 38.5 Å². The second kappa shape index (κ2) is 6.25. The van der Waals surface area contributed by atoms with Gasteiger partial charge in [0.05, 0.1) is 32.8 Å². The number of aliphatic hydroxyl groups excluding tert-OH is 1. The van der Waals surface area contributed by atoms with Crippen molar-refractivity contribution in [2.24, 2.45) is 23.2 Å². The molecule has 0 aromatic rings. The molecule has 0 spiro atoms. The molecule has 0 aromatic carbocycles. The highest BCUT2D eigenvalue weighted by molar-refractivity contribution is 5.74. The van der Waals surface area contributed by atoms with Crippen molar-refractivity contribution in [3.63, 3.8) is 0 Å². The van der Waals surface area contributed by atoms with E-state index < -0.39 is 0 Å². The van der Waals surface area contributed by atoms with Crippen molar-refractivity contribution in [2.75, 3.05) is 45.9 Å². The monoisotopic (exact) mass is 322 g/mol. The van der Waals surface area contributed by atoms with Crippen LogP contribution in [-0.2, 0) is 0 Å². The maximum atomic E-state index is 12.5. The molecule has 4 saturated carbocycles. The molecule has 5 rings (SSSR count). The maximum Gasteiger partial charge on any atom is 0.317 e. The van der Waals surface area contributed by atoms with Crippen molar-refractivity contribution in [1.82, 2.24) is 10.2 Å². The molecule has 5 nitrogen and oxygen atoms in total. The summed E-state index contributed by atoms with van der Waals surface area (Å²) in [6, 6.07) is 0.142. The lowest BCUT2D eigenvalue weighted by atomic mass is 9.49. The van der Waals surface area contributed by atoms with Crippen molar-refractivity contribution in [3.8, 4) is 0 Å². The minimum atomic E-state index is 0.142. The lowest BCUT2D eigenvalue weighted by molar-refractivity contribution is -0.904. The van der Waals surface area contributed by atoms with Gasteiger partial charge in [0, 0.05) is 6.54 Å². The molecule has 0 aromatic heterocycles. The zero-order valence-corrected chi connectivity index (χ0v) is 14.2. The summed E-state index contributed by atoms with van der Waals surface area (Å²) in [5.41, 5.74) is 0.425. The van der Waals surface area contributed by atoms with E-state index >= 15 is 0 Å². The third-order valence-electron chi connectivity index (χ3n) is 7.00. The minimum absolute atomic E-state index is 0.142. The van der Waals surface area contributed by atoms with E-state index in [1.807, 2.05) is 4.90 Å².